The maximum Gasteiger partial charge on any atom is 0.298 e. The summed E-state index contributed by atoms with van der Waals surface area (Å²) in [6.45, 7) is 4.68. The molecule has 5 nitrogen and oxygen atoms in total. The predicted molar refractivity (Wildman–Crippen MR) is 133 cm³/mol. The molecule has 7 heteroatoms. The molecule has 1 aliphatic rings. The molecular weight excluding hydrogens is 458 g/mol. The minimum absolute atomic E-state index is 0.317. The van der Waals surface area contributed by atoms with Crippen LogP contribution in [-0.2, 0) is 11.4 Å². The zero-order chi connectivity index (χ0) is 23.4. The van der Waals surface area contributed by atoms with Crippen molar-refractivity contribution in [2.75, 3.05) is 11.5 Å². The minimum Gasteiger partial charge on any atom is -0.490 e. The van der Waals surface area contributed by atoms with Gasteiger partial charge in [0.1, 0.15) is 6.61 Å². The highest BCUT2D eigenvalue weighted by Gasteiger charge is 2.36. The average molecular weight is 480 g/mol. The van der Waals surface area contributed by atoms with Gasteiger partial charge in [-0.05, 0) is 79.2 Å². The number of imide groups is 1. The van der Waals surface area contributed by atoms with Gasteiger partial charge in [0.05, 0.1) is 17.2 Å². The summed E-state index contributed by atoms with van der Waals surface area (Å²) in [7, 11) is 0. The van der Waals surface area contributed by atoms with E-state index in [2.05, 4.69) is 0 Å². The largest absolute Gasteiger partial charge is 0.490 e. The van der Waals surface area contributed by atoms with Gasteiger partial charge in [0.15, 0.2) is 11.5 Å². The van der Waals surface area contributed by atoms with Crippen LogP contribution < -0.4 is 14.4 Å². The fraction of sp³-hybridized carbons (Fsp3) is 0.154. The van der Waals surface area contributed by atoms with Crippen LogP contribution >= 0.6 is 23.4 Å². The molecule has 0 spiro atoms. The molecule has 0 N–H and O–H groups in total. The monoisotopic (exact) mass is 479 g/mol. The Hall–Kier alpha value is -3.22. The first-order valence-electron chi connectivity index (χ1n) is 10.4. The highest BCUT2D eigenvalue weighted by Crippen LogP contribution is 2.37. The molecular formula is C26H22ClNO4S. The zero-order valence-electron chi connectivity index (χ0n) is 18.2. The first-order valence-corrected chi connectivity index (χ1v) is 11.6. The first kappa shape index (κ1) is 23.0. The smallest absolute Gasteiger partial charge is 0.298 e. The molecule has 1 fully saturated rings. The van der Waals surface area contributed by atoms with Crippen molar-refractivity contribution in [3.8, 4) is 11.5 Å². The third-order valence-corrected chi connectivity index (χ3v) is 6.08. The van der Waals surface area contributed by atoms with Crippen LogP contribution in [-0.4, -0.2) is 17.8 Å². The molecule has 168 valence electrons. The van der Waals surface area contributed by atoms with Crippen LogP contribution in [0.25, 0.3) is 6.08 Å². The van der Waals surface area contributed by atoms with Crippen LogP contribution in [0.5, 0.6) is 11.5 Å². The van der Waals surface area contributed by atoms with Crippen LogP contribution in [0.1, 0.15) is 23.6 Å². The number of carbonyl (C=O) groups is 2. The van der Waals surface area contributed by atoms with Crippen LogP contribution in [0.2, 0.25) is 5.02 Å². The van der Waals surface area contributed by atoms with Gasteiger partial charge in [0.25, 0.3) is 11.1 Å². The van der Waals surface area contributed by atoms with Crippen LogP contribution in [0, 0.1) is 6.92 Å². The summed E-state index contributed by atoms with van der Waals surface area (Å²) in [6, 6.07) is 20.2. The van der Waals surface area contributed by atoms with Crippen LogP contribution in [0.4, 0.5) is 10.5 Å². The number of hydrogen-bond acceptors (Lipinski definition) is 5. The highest BCUT2D eigenvalue weighted by molar-refractivity contribution is 8.19. The summed E-state index contributed by atoms with van der Waals surface area (Å²) in [6.07, 6.45) is 1.70. The first-order chi connectivity index (χ1) is 15.9. The van der Waals surface area contributed by atoms with Crippen molar-refractivity contribution in [1.82, 2.24) is 0 Å². The molecule has 1 saturated heterocycles. The van der Waals surface area contributed by atoms with E-state index in [1.807, 2.05) is 56.3 Å². The number of nitrogens with zero attached hydrogens (tertiary/aromatic N) is 1. The number of thioether (sulfide) groups is 1. The molecule has 0 saturated carbocycles. The lowest BCUT2D eigenvalue weighted by Gasteiger charge is -2.13. The molecule has 0 aromatic heterocycles. The van der Waals surface area contributed by atoms with E-state index in [1.54, 1.807) is 30.3 Å². The van der Waals surface area contributed by atoms with Crippen molar-refractivity contribution in [2.45, 2.75) is 20.5 Å². The molecule has 0 bridgehead atoms. The number of halogens is 1. The lowest BCUT2D eigenvalue weighted by atomic mass is 10.1. The average Bonchev–Trinajstić information content (AvgIpc) is 3.08. The number of benzene rings is 3. The lowest BCUT2D eigenvalue weighted by Crippen LogP contribution is -2.27. The van der Waals surface area contributed by atoms with Crippen LogP contribution in [0.3, 0.4) is 0 Å². The number of ether oxygens (including phenoxy) is 2. The summed E-state index contributed by atoms with van der Waals surface area (Å²) in [5.74, 6) is 0.824. The quantitative estimate of drug-likeness (QED) is 0.346. The molecule has 0 radical (unpaired) electrons. The van der Waals surface area contributed by atoms with E-state index in [4.69, 9.17) is 21.1 Å². The molecule has 1 heterocycles. The number of hydrogen-bond donors (Lipinski definition) is 0. The van der Waals surface area contributed by atoms with E-state index < -0.39 is 0 Å². The van der Waals surface area contributed by atoms with Gasteiger partial charge in [-0.1, -0.05) is 47.5 Å². The maximum absolute atomic E-state index is 12.9. The molecule has 0 aliphatic carbocycles. The second-order valence-corrected chi connectivity index (χ2v) is 8.84. The van der Waals surface area contributed by atoms with Gasteiger partial charge in [-0.15, -0.1) is 0 Å². The Bertz CT molecular complexity index is 1210. The molecule has 1 aliphatic heterocycles. The van der Waals surface area contributed by atoms with Gasteiger partial charge < -0.3 is 9.47 Å². The zero-order valence-corrected chi connectivity index (χ0v) is 19.8. The predicted octanol–water partition coefficient (Wildman–Crippen LogP) is 6.87. The number of anilines is 1. The number of carbonyl (C=O) groups excluding carboxylic acids is 2. The van der Waals surface area contributed by atoms with Crippen LogP contribution in [0.15, 0.2) is 71.6 Å². The van der Waals surface area contributed by atoms with Gasteiger partial charge in [0.2, 0.25) is 0 Å². The van der Waals surface area contributed by atoms with Crippen molar-refractivity contribution in [2.24, 2.45) is 0 Å². The Morgan fingerprint density at radius 1 is 0.939 bits per heavy atom. The number of aryl methyl sites for hydroxylation is 1. The normalized spacial score (nSPS) is 14.8. The molecule has 0 atom stereocenters. The molecule has 2 amide bonds. The van der Waals surface area contributed by atoms with E-state index in [0.717, 1.165) is 28.5 Å². The van der Waals surface area contributed by atoms with Crippen molar-refractivity contribution in [1.29, 1.82) is 0 Å². The topological polar surface area (TPSA) is 55.8 Å². The number of rotatable bonds is 7. The van der Waals surface area contributed by atoms with E-state index in [9.17, 15) is 9.59 Å². The van der Waals surface area contributed by atoms with E-state index in [1.165, 1.54) is 4.90 Å². The third kappa shape index (κ3) is 5.41. The fourth-order valence-corrected chi connectivity index (χ4v) is 4.25. The van der Waals surface area contributed by atoms with Gasteiger partial charge in [-0.25, -0.2) is 4.90 Å². The number of amides is 2. The summed E-state index contributed by atoms with van der Waals surface area (Å²) < 4.78 is 11.7. The molecule has 33 heavy (non-hydrogen) atoms. The van der Waals surface area contributed by atoms with Crippen molar-refractivity contribution in [3.05, 3.63) is 93.3 Å². The van der Waals surface area contributed by atoms with Gasteiger partial charge in [0, 0.05) is 5.02 Å². The van der Waals surface area contributed by atoms with Crippen molar-refractivity contribution in [3.63, 3.8) is 0 Å². The molecule has 3 aromatic rings. The lowest BCUT2D eigenvalue weighted by molar-refractivity contribution is -0.113. The summed E-state index contributed by atoms with van der Waals surface area (Å²) in [4.78, 5) is 27.0. The molecule has 0 unspecified atom stereocenters. The van der Waals surface area contributed by atoms with E-state index in [0.29, 0.717) is 40.3 Å². The minimum atomic E-state index is -0.338. The molecule has 4 rings (SSSR count). The van der Waals surface area contributed by atoms with Crippen molar-refractivity contribution >= 4 is 46.3 Å². The summed E-state index contributed by atoms with van der Waals surface area (Å²) in [5.41, 5.74) is 3.35. The van der Waals surface area contributed by atoms with Gasteiger partial charge in [-0.3, -0.25) is 9.59 Å². The third-order valence-electron chi connectivity index (χ3n) is 4.96. The standard InChI is InChI=1S/C26H22ClNO4S/c1-3-31-23-14-19(8-13-22(23)32-16-18-6-9-20(27)10-7-18)15-24-25(29)28(26(30)33-24)21-11-4-17(2)5-12-21/h4-15H,3,16H2,1-2H3/b24-15-. The maximum atomic E-state index is 12.9. The van der Waals surface area contributed by atoms with Gasteiger partial charge in [-0.2, -0.15) is 0 Å². The Morgan fingerprint density at radius 3 is 2.36 bits per heavy atom. The molecule has 3 aromatic carbocycles. The second kappa shape index (κ2) is 10.1. The highest BCUT2D eigenvalue weighted by atomic mass is 35.5. The van der Waals surface area contributed by atoms with E-state index >= 15 is 0 Å². The van der Waals surface area contributed by atoms with E-state index in [-0.39, 0.29) is 11.1 Å². The summed E-state index contributed by atoms with van der Waals surface area (Å²) in [5, 5.41) is 0.355. The Labute approximate surface area is 202 Å². The Balaban J connectivity index is 1.54. The Morgan fingerprint density at radius 2 is 1.67 bits per heavy atom. The SMILES string of the molecule is CCOc1cc(/C=C2\SC(=O)N(c3ccc(C)cc3)C2=O)ccc1OCc1ccc(Cl)cc1. The van der Waals surface area contributed by atoms with Gasteiger partial charge >= 0.3 is 0 Å². The Kier molecular flexibility index (Phi) is 7.06. The second-order valence-electron chi connectivity index (χ2n) is 7.41. The van der Waals surface area contributed by atoms with Crippen molar-refractivity contribution < 1.29 is 19.1 Å². The summed E-state index contributed by atoms with van der Waals surface area (Å²) >= 11 is 6.86. The fourth-order valence-electron chi connectivity index (χ4n) is 3.28.